The number of aromatic nitrogens is 2. The maximum Gasteiger partial charge on any atom is 0.306 e. The van der Waals surface area contributed by atoms with Crippen LogP contribution < -0.4 is 5.32 Å². The number of anilines is 1. The van der Waals surface area contributed by atoms with Gasteiger partial charge in [-0.05, 0) is 36.6 Å². The molecule has 2 heterocycles. The molecule has 0 bridgehead atoms. The van der Waals surface area contributed by atoms with Gasteiger partial charge in [0.05, 0.1) is 5.02 Å². The molecule has 1 amide bonds. The first-order valence-electron chi connectivity index (χ1n) is 8.24. The lowest BCUT2D eigenvalue weighted by atomic mass is 10.1. The Morgan fingerprint density at radius 3 is 2.85 bits per heavy atom. The van der Waals surface area contributed by atoms with Crippen molar-refractivity contribution in [2.75, 3.05) is 11.9 Å². The molecule has 0 atom stereocenters. The number of ether oxygens (including phenoxy) is 1. The Labute approximate surface area is 155 Å². The number of fused-ring (bicyclic) bond motifs is 1. The van der Waals surface area contributed by atoms with E-state index in [0.29, 0.717) is 17.3 Å². The predicted molar refractivity (Wildman–Crippen MR) is 100 cm³/mol. The summed E-state index contributed by atoms with van der Waals surface area (Å²) >= 11 is 5.72. The van der Waals surface area contributed by atoms with Gasteiger partial charge in [0.25, 0.3) is 5.91 Å². The summed E-state index contributed by atoms with van der Waals surface area (Å²) in [6, 6.07) is 11.2. The number of nitrogens with zero attached hydrogens (tertiary/aromatic N) is 1. The Balaban J connectivity index is 1.38. The maximum atomic E-state index is 11.8. The summed E-state index contributed by atoms with van der Waals surface area (Å²) in [4.78, 5) is 30.7. The van der Waals surface area contributed by atoms with E-state index in [2.05, 4.69) is 21.4 Å². The number of pyridine rings is 1. The highest BCUT2D eigenvalue weighted by Gasteiger charge is 2.09. The van der Waals surface area contributed by atoms with Crippen LogP contribution in [0.4, 0.5) is 5.82 Å². The third-order valence-electron chi connectivity index (χ3n) is 3.86. The predicted octanol–water partition coefficient (Wildman–Crippen LogP) is 3.72. The first-order valence-corrected chi connectivity index (χ1v) is 8.61. The summed E-state index contributed by atoms with van der Waals surface area (Å²) in [5, 5.41) is 4.17. The number of esters is 1. The van der Waals surface area contributed by atoms with Crippen LogP contribution in [0.5, 0.6) is 0 Å². The Kier molecular flexibility index (Phi) is 5.86. The fourth-order valence-corrected chi connectivity index (χ4v) is 2.72. The van der Waals surface area contributed by atoms with E-state index >= 15 is 0 Å². The average Bonchev–Trinajstić information content (AvgIpc) is 3.05. The lowest BCUT2D eigenvalue weighted by Crippen LogP contribution is -2.21. The molecule has 0 saturated heterocycles. The molecule has 0 radical (unpaired) electrons. The molecule has 3 rings (SSSR count). The fraction of sp³-hybridized carbons (Fsp3) is 0.211. The van der Waals surface area contributed by atoms with E-state index in [9.17, 15) is 9.59 Å². The second-order valence-electron chi connectivity index (χ2n) is 5.78. The Hall–Kier alpha value is -2.86. The molecule has 0 unspecified atom stereocenters. The molecule has 134 valence electrons. The fourth-order valence-electron chi connectivity index (χ4n) is 2.61. The summed E-state index contributed by atoms with van der Waals surface area (Å²) in [5.74, 6) is -0.483. The van der Waals surface area contributed by atoms with Crippen molar-refractivity contribution < 1.29 is 14.3 Å². The molecular formula is C19H18ClN3O3. The molecule has 3 aromatic rings. The zero-order chi connectivity index (χ0) is 18.4. The van der Waals surface area contributed by atoms with Gasteiger partial charge in [-0.2, -0.15) is 0 Å². The van der Waals surface area contributed by atoms with Crippen LogP contribution >= 0.6 is 11.6 Å². The number of benzene rings is 1. The molecule has 2 N–H and O–H groups in total. The van der Waals surface area contributed by atoms with Crippen molar-refractivity contribution in [1.29, 1.82) is 0 Å². The minimum Gasteiger partial charge on any atom is -0.456 e. The van der Waals surface area contributed by atoms with Crippen LogP contribution in [0.25, 0.3) is 10.9 Å². The Bertz CT molecular complexity index is 906. The number of aromatic amines is 1. The van der Waals surface area contributed by atoms with Crippen molar-refractivity contribution in [1.82, 2.24) is 9.97 Å². The minimum absolute atomic E-state index is 0.256. The quantitative estimate of drug-likeness (QED) is 0.620. The summed E-state index contributed by atoms with van der Waals surface area (Å²) in [6.45, 7) is -0.337. The number of aryl methyl sites for hydroxylation is 1. The zero-order valence-electron chi connectivity index (χ0n) is 14.0. The van der Waals surface area contributed by atoms with E-state index in [1.807, 2.05) is 24.4 Å². The molecule has 0 aliphatic rings. The SMILES string of the molecule is O=C(COC(=O)CCCc1c[nH]c2ccccc12)Nc1ccc(Cl)cn1. The monoisotopic (exact) mass is 371 g/mol. The standard InChI is InChI=1S/C19H18ClN3O3/c20-14-8-9-17(22-11-14)23-18(24)12-26-19(25)7-3-4-13-10-21-16-6-2-1-5-15(13)16/h1-2,5-6,8-11,21H,3-4,7,12H2,(H,22,23,24). The minimum atomic E-state index is -0.440. The number of halogens is 1. The Morgan fingerprint density at radius 1 is 1.19 bits per heavy atom. The van der Waals surface area contributed by atoms with Crippen LogP contribution in [0.3, 0.4) is 0 Å². The van der Waals surface area contributed by atoms with Crippen LogP contribution in [0, 0.1) is 0 Å². The van der Waals surface area contributed by atoms with Gasteiger partial charge in [0.15, 0.2) is 6.61 Å². The number of hydrogen-bond donors (Lipinski definition) is 2. The van der Waals surface area contributed by atoms with Crippen LogP contribution in [-0.4, -0.2) is 28.5 Å². The molecule has 0 saturated carbocycles. The van der Waals surface area contributed by atoms with E-state index < -0.39 is 11.9 Å². The third-order valence-corrected chi connectivity index (χ3v) is 4.08. The van der Waals surface area contributed by atoms with Gasteiger partial charge >= 0.3 is 5.97 Å². The van der Waals surface area contributed by atoms with Gasteiger partial charge in [0.2, 0.25) is 0 Å². The lowest BCUT2D eigenvalue weighted by molar-refractivity contribution is -0.147. The van der Waals surface area contributed by atoms with Gasteiger partial charge in [-0.25, -0.2) is 4.98 Å². The molecular weight excluding hydrogens is 354 g/mol. The summed E-state index contributed by atoms with van der Waals surface area (Å²) < 4.78 is 4.99. The number of H-pyrrole nitrogens is 1. The van der Waals surface area contributed by atoms with Crippen LogP contribution in [0.1, 0.15) is 18.4 Å². The highest BCUT2D eigenvalue weighted by Crippen LogP contribution is 2.19. The molecule has 26 heavy (non-hydrogen) atoms. The second kappa shape index (κ2) is 8.49. The first kappa shape index (κ1) is 17.9. The molecule has 6 nitrogen and oxygen atoms in total. The third kappa shape index (κ3) is 4.83. The van der Waals surface area contributed by atoms with Crippen molar-refractivity contribution in [3.63, 3.8) is 0 Å². The number of para-hydroxylation sites is 1. The van der Waals surface area contributed by atoms with Gasteiger partial charge in [-0.15, -0.1) is 0 Å². The molecule has 0 fully saturated rings. The number of amides is 1. The summed E-state index contributed by atoms with van der Waals surface area (Å²) in [7, 11) is 0. The highest BCUT2D eigenvalue weighted by molar-refractivity contribution is 6.30. The second-order valence-corrected chi connectivity index (χ2v) is 6.22. The largest absolute Gasteiger partial charge is 0.456 e. The number of hydrogen-bond acceptors (Lipinski definition) is 4. The van der Waals surface area contributed by atoms with Crippen molar-refractivity contribution in [3.05, 3.63) is 59.4 Å². The van der Waals surface area contributed by atoms with Gasteiger partial charge in [0, 0.05) is 29.7 Å². The van der Waals surface area contributed by atoms with Crippen molar-refractivity contribution in [3.8, 4) is 0 Å². The van der Waals surface area contributed by atoms with Crippen molar-refractivity contribution in [2.24, 2.45) is 0 Å². The van der Waals surface area contributed by atoms with E-state index in [1.54, 1.807) is 12.1 Å². The first-order chi connectivity index (χ1) is 12.6. The normalized spacial score (nSPS) is 10.7. The smallest absolute Gasteiger partial charge is 0.306 e. The van der Waals surface area contributed by atoms with E-state index in [4.69, 9.17) is 16.3 Å². The summed E-state index contributed by atoms with van der Waals surface area (Å²) in [6.07, 6.45) is 5.06. The van der Waals surface area contributed by atoms with Gasteiger partial charge in [-0.1, -0.05) is 29.8 Å². The van der Waals surface area contributed by atoms with Crippen LogP contribution in [-0.2, 0) is 20.7 Å². The lowest BCUT2D eigenvalue weighted by Gasteiger charge is -2.06. The zero-order valence-corrected chi connectivity index (χ0v) is 14.8. The van der Waals surface area contributed by atoms with E-state index in [0.717, 1.165) is 17.3 Å². The molecule has 0 aliphatic carbocycles. The molecule has 1 aromatic carbocycles. The number of rotatable bonds is 7. The van der Waals surface area contributed by atoms with Crippen molar-refractivity contribution >= 4 is 40.2 Å². The molecule has 0 spiro atoms. The van der Waals surface area contributed by atoms with E-state index in [1.165, 1.54) is 11.8 Å². The molecule has 2 aromatic heterocycles. The number of nitrogens with one attached hydrogen (secondary N) is 2. The van der Waals surface area contributed by atoms with Gasteiger partial charge in [0.1, 0.15) is 5.82 Å². The summed E-state index contributed by atoms with van der Waals surface area (Å²) in [5.41, 5.74) is 2.25. The van der Waals surface area contributed by atoms with Gasteiger partial charge < -0.3 is 15.0 Å². The average molecular weight is 372 g/mol. The Morgan fingerprint density at radius 2 is 2.04 bits per heavy atom. The topological polar surface area (TPSA) is 84.1 Å². The van der Waals surface area contributed by atoms with Crippen LogP contribution in [0.2, 0.25) is 5.02 Å². The maximum absolute atomic E-state index is 11.8. The molecule has 0 aliphatic heterocycles. The highest BCUT2D eigenvalue weighted by atomic mass is 35.5. The van der Waals surface area contributed by atoms with Crippen molar-refractivity contribution in [2.45, 2.75) is 19.3 Å². The van der Waals surface area contributed by atoms with Crippen LogP contribution in [0.15, 0.2) is 48.8 Å². The molecule has 7 heteroatoms. The number of carbonyl (C=O) groups is 2. The number of carbonyl (C=O) groups excluding carboxylic acids is 2. The van der Waals surface area contributed by atoms with Gasteiger partial charge in [-0.3, -0.25) is 9.59 Å². The van der Waals surface area contributed by atoms with E-state index in [-0.39, 0.29) is 13.0 Å².